The second kappa shape index (κ2) is 16.3. The highest BCUT2D eigenvalue weighted by atomic mass is 35.5. The lowest BCUT2D eigenvalue weighted by atomic mass is 9.95. The summed E-state index contributed by atoms with van der Waals surface area (Å²) in [6.07, 6.45) is -4.19. The zero-order valence-corrected chi connectivity index (χ0v) is 25.1. The number of halogens is 7. The van der Waals surface area contributed by atoms with Crippen molar-refractivity contribution in [1.82, 2.24) is 15.3 Å². The summed E-state index contributed by atoms with van der Waals surface area (Å²) < 4.78 is 63.5. The number of fused-ring (bicyclic) bond motifs is 6. The van der Waals surface area contributed by atoms with Crippen LogP contribution in [-0.2, 0) is 27.2 Å². The molecule has 1 aromatic heterocycles. The Kier molecular flexibility index (Phi) is 12.7. The van der Waals surface area contributed by atoms with Gasteiger partial charge in [-0.05, 0) is 86.1 Å². The molecule has 1 fully saturated rings. The number of anilines is 5. The topological polar surface area (TPSA) is 166 Å². The molecule has 1 amide bonds. The SMILES string of the molecule is O=C(C[C@@H]1CCCNC1)Nc1ccc2cc1CCc1cccc(c1)Nc1ncc(Cl)c(n1)N2.O=C(O)C(F)(F)F.O=C(O)C(F)(F)F. The molecule has 0 radical (unpaired) electrons. The van der Waals surface area contributed by atoms with E-state index in [2.05, 4.69) is 49.4 Å². The number of carboxylic acids is 2. The normalized spacial score (nSPS) is 15.6. The highest BCUT2D eigenvalue weighted by Gasteiger charge is 2.38. The van der Waals surface area contributed by atoms with Crippen LogP contribution in [0.4, 0.5) is 55.2 Å². The van der Waals surface area contributed by atoms with Crippen molar-refractivity contribution in [3.05, 3.63) is 64.8 Å². The Morgan fingerprint density at radius 1 is 0.936 bits per heavy atom. The second-order valence-corrected chi connectivity index (χ2v) is 10.7. The van der Waals surface area contributed by atoms with Gasteiger partial charge in [-0.1, -0.05) is 23.7 Å². The van der Waals surface area contributed by atoms with Crippen LogP contribution in [0.5, 0.6) is 0 Å². The molecule has 254 valence electrons. The van der Waals surface area contributed by atoms with E-state index in [9.17, 15) is 31.1 Å². The third-order valence-corrected chi connectivity index (χ3v) is 6.89. The molecule has 47 heavy (non-hydrogen) atoms. The summed E-state index contributed by atoms with van der Waals surface area (Å²) in [5, 5.41) is 27.8. The third kappa shape index (κ3) is 12.2. The van der Waals surface area contributed by atoms with Gasteiger partial charge in [0.1, 0.15) is 5.02 Å². The fourth-order valence-corrected chi connectivity index (χ4v) is 4.56. The van der Waals surface area contributed by atoms with Gasteiger partial charge >= 0.3 is 24.3 Å². The Morgan fingerprint density at radius 3 is 2.21 bits per heavy atom. The second-order valence-electron chi connectivity index (χ2n) is 10.3. The highest BCUT2D eigenvalue weighted by Crippen LogP contribution is 2.30. The zero-order chi connectivity index (χ0) is 34.8. The van der Waals surface area contributed by atoms with E-state index in [0.717, 1.165) is 61.4 Å². The molecule has 0 aliphatic carbocycles. The minimum atomic E-state index is -5.08. The Labute approximate surface area is 268 Å². The van der Waals surface area contributed by atoms with E-state index in [-0.39, 0.29) is 5.91 Å². The lowest BCUT2D eigenvalue weighted by molar-refractivity contribution is -0.193. The number of piperidine rings is 1. The molecule has 3 heterocycles. The van der Waals surface area contributed by atoms with E-state index in [1.807, 2.05) is 24.3 Å². The van der Waals surface area contributed by atoms with E-state index in [1.165, 1.54) is 5.56 Å². The summed E-state index contributed by atoms with van der Waals surface area (Å²) in [6, 6.07) is 14.2. The van der Waals surface area contributed by atoms with Crippen molar-refractivity contribution < 1.29 is 50.9 Å². The predicted molar refractivity (Wildman–Crippen MR) is 160 cm³/mol. The molecule has 6 N–H and O–H groups in total. The van der Waals surface area contributed by atoms with Crippen molar-refractivity contribution >= 4 is 58.3 Å². The van der Waals surface area contributed by atoms with Crippen LogP contribution in [0.1, 0.15) is 30.4 Å². The molecular formula is C29H29ClF6N6O5. The maximum atomic E-state index is 12.8. The van der Waals surface area contributed by atoms with Crippen LogP contribution in [-0.4, -0.2) is 63.5 Å². The van der Waals surface area contributed by atoms with E-state index in [0.29, 0.717) is 29.1 Å². The minimum Gasteiger partial charge on any atom is -0.475 e. The summed E-state index contributed by atoms with van der Waals surface area (Å²) in [7, 11) is 0. The van der Waals surface area contributed by atoms with Crippen molar-refractivity contribution in [3.63, 3.8) is 0 Å². The molecule has 11 nitrogen and oxygen atoms in total. The number of hydrogen-bond acceptors (Lipinski definition) is 8. The molecule has 2 aliphatic rings. The number of rotatable bonds is 3. The first-order valence-electron chi connectivity index (χ1n) is 13.9. The van der Waals surface area contributed by atoms with E-state index in [4.69, 9.17) is 31.4 Å². The summed E-state index contributed by atoms with van der Waals surface area (Å²) in [6.45, 7) is 1.96. The highest BCUT2D eigenvalue weighted by molar-refractivity contribution is 6.32. The Bertz CT molecular complexity index is 1540. The van der Waals surface area contributed by atoms with Crippen LogP contribution >= 0.6 is 11.6 Å². The number of hydrogen-bond donors (Lipinski definition) is 6. The fourth-order valence-electron chi connectivity index (χ4n) is 4.43. The fraction of sp³-hybridized carbons (Fsp3) is 0.345. The van der Waals surface area contributed by atoms with Gasteiger partial charge in [-0.2, -0.15) is 31.3 Å². The standard InChI is InChI=1S/C25H27ClN6O.2C2HF3O2/c26-21-15-28-25-30-19-5-1-3-16(11-19)6-7-18-13-20(29-24(21)32-25)8-9-22(18)31-23(33)12-17-4-2-10-27-14-17;2*3-2(4,5)1(6)7/h1,3,5,8-9,11,13,15,17,27H,2,4,6-7,10,12,14H2,(H,31,33)(H2,28,29,30,32);2*(H,6,7)/t17-;;/m0../s1. The maximum Gasteiger partial charge on any atom is 0.490 e. The van der Waals surface area contributed by atoms with Gasteiger partial charge in [0.15, 0.2) is 5.82 Å². The molecule has 3 aromatic rings. The number of aliphatic carboxylic acids is 2. The molecule has 2 aromatic carbocycles. The molecular weight excluding hydrogens is 662 g/mol. The van der Waals surface area contributed by atoms with Gasteiger partial charge in [0.25, 0.3) is 0 Å². The molecule has 6 bridgehead atoms. The maximum absolute atomic E-state index is 12.8. The van der Waals surface area contributed by atoms with Crippen LogP contribution < -0.4 is 21.3 Å². The first kappa shape index (κ1) is 36.8. The van der Waals surface area contributed by atoms with Gasteiger partial charge in [0, 0.05) is 23.5 Å². The number of nitrogens with zero attached hydrogens (tertiary/aromatic N) is 2. The molecule has 0 unspecified atom stereocenters. The van der Waals surface area contributed by atoms with E-state index in [1.54, 1.807) is 6.20 Å². The monoisotopic (exact) mass is 690 g/mol. The van der Waals surface area contributed by atoms with Crippen LogP contribution in [0.3, 0.4) is 0 Å². The number of alkyl halides is 6. The average Bonchev–Trinajstić information content (AvgIpc) is 2.99. The van der Waals surface area contributed by atoms with Gasteiger partial charge in [-0.3, -0.25) is 4.79 Å². The molecule has 18 heteroatoms. The van der Waals surface area contributed by atoms with E-state index < -0.39 is 24.3 Å². The molecule has 0 saturated carbocycles. The van der Waals surface area contributed by atoms with Crippen molar-refractivity contribution in [2.45, 2.75) is 44.5 Å². The van der Waals surface area contributed by atoms with Gasteiger partial charge < -0.3 is 31.5 Å². The molecule has 1 saturated heterocycles. The minimum absolute atomic E-state index is 0.0678. The lowest BCUT2D eigenvalue weighted by Crippen LogP contribution is -2.32. The third-order valence-electron chi connectivity index (χ3n) is 6.61. The van der Waals surface area contributed by atoms with Gasteiger partial charge in [-0.25, -0.2) is 14.6 Å². The number of nitrogens with one attached hydrogen (secondary N) is 4. The molecule has 1 atom stereocenters. The summed E-state index contributed by atoms with van der Waals surface area (Å²) in [5.74, 6) is -4.05. The van der Waals surface area contributed by atoms with Crippen molar-refractivity contribution in [1.29, 1.82) is 0 Å². The Balaban J connectivity index is 0.000000360. The van der Waals surface area contributed by atoms with Crippen molar-refractivity contribution in [2.75, 3.05) is 29.0 Å². The van der Waals surface area contributed by atoms with Crippen LogP contribution in [0, 0.1) is 5.92 Å². The Morgan fingerprint density at radius 2 is 1.60 bits per heavy atom. The quantitative estimate of drug-likeness (QED) is 0.172. The number of aromatic nitrogens is 2. The number of carbonyl (C=O) groups excluding carboxylic acids is 1. The number of amides is 1. The van der Waals surface area contributed by atoms with Gasteiger partial charge in [-0.15, -0.1) is 0 Å². The number of carbonyl (C=O) groups is 3. The summed E-state index contributed by atoms with van der Waals surface area (Å²) >= 11 is 6.35. The molecule has 2 aliphatic heterocycles. The van der Waals surface area contributed by atoms with Crippen LogP contribution in [0.15, 0.2) is 48.7 Å². The molecule has 0 spiro atoms. The first-order valence-corrected chi connectivity index (χ1v) is 14.3. The van der Waals surface area contributed by atoms with Crippen LogP contribution in [0.2, 0.25) is 5.02 Å². The van der Waals surface area contributed by atoms with E-state index >= 15 is 0 Å². The summed E-state index contributed by atoms with van der Waals surface area (Å²) in [4.78, 5) is 39.4. The first-order chi connectivity index (χ1) is 22.0. The number of benzene rings is 2. The molecule has 5 rings (SSSR count). The lowest BCUT2D eigenvalue weighted by Gasteiger charge is -2.22. The van der Waals surface area contributed by atoms with Crippen molar-refractivity contribution in [3.8, 4) is 0 Å². The number of carboxylic acid groups (broad SMARTS) is 2. The summed E-state index contributed by atoms with van der Waals surface area (Å²) in [5.41, 5.74) is 4.89. The van der Waals surface area contributed by atoms with Gasteiger partial charge in [0.2, 0.25) is 11.9 Å². The largest absolute Gasteiger partial charge is 0.490 e. The van der Waals surface area contributed by atoms with Crippen molar-refractivity contribution in [2.24, 2.45) is 5.92 Å². The number of aryl methyl sites for hydroxylation is 2. The Hall–Kier alpha value is -4.64. The zero-order valence-electron chi connectivity index (χ0n) is 24.3. The van der Waals surface area contributed by atoms with Gasteiger partial charge in [0.05, 0.1) is 6.20 Å². The smallest absolute Gasteiger partial charge is 0.475 e. The average molecular weight is 691 g/mol. The predicted octanol–water partition coefficient (Wildman–Crippen LogP) is 6.31. The van der Waals surface area contributed by atoms with Crippen LogP contribution in [0.25, 0.3) is 0 Å².